The van der Waals surface area contributed by atoms with Gasteiger partial charge in [-0.1, -0.05) is 12.1 Å². The predicted octanol–water partition coefficient (Wildman–Crippen LogP) is 0.608. The lowest BCUT2D eigenvalue weighted by molar-refractivity contribution is -0.122. The summed E-state index contributed by atoms with van der Waals surface area (Å²) in [7, 11) is 1.60. The van der Waals surface area contributed by atoms with Crippen LogP contribution >= 0.6 is 0 Å². The van der Waals surface area contributed by atoms with Crippen molar-refractivity contribution in [3.05, 3.63) is 36.4 Å². The van der Waals surface area contributed by atoms with Crippen molar-refractivity contribution in [2.75, 3.05) is 19.1 Å². The Morgan fingerprint density at radius 2 is 2.25 bits per heavy atom. The fourth-order valence-corrected chi connectivity index (χ4v) is 2.20. The molecule has 104 valence electrons. The van der Waals surface area contributed by atoms with E-state index in [4.69, 9.17) is 9.47 Å². The number of rotatable bonds is 3. The van der Waals surface area contributed by atoms with Crippen LogP contribution in [0.15, 0.2) is 30.9 Å². The van der Waals surface area contributed by atoms with Gasteiger partial charge in [0.2, 0.25) is 5.91 Å². The minimum Gasteiger partial charge on any atom is -0.493 e. The topological polar surface area (TPSA) is 78.3 Å². The summed E-state index contributed by atoms with van der Waals surface area (Å²) in [4.78, 5) is 12.1. The number of nitrogens with zero attached hydrogens (tertiary/aromatic N) is 3. The molecule has 1 aromatic heterocycles. The van der Waals surface area contributed by atoms with E-state index >= 15 is 0 Å². The minimum absolute atomic E-state index is 0.127. The fraction of sp³-hybridized carbons (Fsp3) is 0.308. The van der Waals surface area contributed by atoms with Crippen molar-refractivity contribution in [1.82, 2.24) is 14.9 Å². The lowest BCUT2D eigenvalue weighted by Crippen LogP contribution is -2.36. The van der Waals surface area contributed by atoms with E-state index in [1.165, 1.54) is 17.3 Å². The molecule has 0 aliphatic carbocycles. The molecule has 0 spiro atoms. The number of carbonyl (C=O) groups excluding carboxylic acids is 1. The highest BCUT2D eigenvalue weighted by Gasteiger charge is 2.28. The number of para-hydroxylation sites is 1. The Morgan fingerprint density at radius 3 is 3.00 bits per heavy atom. The SMILES string of the molecule is COc1cccc2c1OC[C@H](C(=O)Nn1cnnc1)C2. The van der Waals surface area contributed by atoms with E-state index in [2.05, 4.69) is 15.6 Å². The normalized spacial score (nSPS) is 16.9. The molecule has 2 heterocycles. The van der Waals surface area contributed by atoms with E-state index in [0.29, 0.717) is 18.8 Å². The summed E-state index contributed by atoms with van der Waals surface area (Å²) in [5.41, 5.74) is 3.66. The van der Waals surface area contributed by atoms with E-state index in [9.17, 15) is 4.79 Å². The first kappa shape index (κ1) is 12.5. The first-order valence-electron chi connectivity index (χ1n) is 6.22. The van der Waals surface area contributed by atoms with Gasteiger partial charge in [-0.3, -0.25) is 10.2 Å². The molecule has 0 radical (unpaired) electrons. The molecule has 7 nitrogen and oxygen atoms in total. The summed E-state index contributed by atoms with van der Waals surface area (Å²) >= 11 is 0. The zero-order chi connectivity index (χ0) is 13.9. The van der Waals surface area contributed by atoms with Crippen LogP contribution in [-0.4, -0.2) is 34.5 Å². The molecular formula is C13H14N4O3. The number of carbonyl (C=O) groups is 1. The largest absolute Gasteiger partial charge is 0.493 e. The van der Waals surface area contributed by atoms with Crippen molar-refractivity contribution < 1.29 is 14.3 Å². The Kier molecular flexibility index (Phi) is 3.24. The third-order valence-corrected chi connectivity index (χ3v) is 3.20. The number of hydrogen-bond donors (Lipinski definition) is 1. The highest BCUT2D eigenvalue weighted by molar-refractivity contribution is 5.86. The van der Waals surface area contributed by atoms with Gasteiger partial charge in [0.15, 0.2) is 11.5 Å². The van der Waals surface area contributed by atoms with E-state index in [0.717, 1.165) is 11.3 Å². The quantitative estimate of drug-likeness (QED) is 0.887. The number of fused-ring (bicyclic) bond motifs is 1. The second-order valence-corrected chi connectivity index (χ2v) is 4.51. The molecule has 1 aromatic carbocycles. The van der Waals surface area contributed by atoms with Gasteiger partial charge in [-0.15, -0.1) is 10.2 Å². The van der Waals surface area contributed by atoms with Crippen LogP contribution < -0.4 is 14.9 Å². The van der Waals surface area contributed by atoms with Gasteiger partial charge in [-0.05, 0) is 18.1 Å². The molecule has 1 atom stereocenters. The van der Waals surface area contributed by atoms with Gasteiger partial charge in [0.1, 0.15) is 19.3 Å². The molecule has 0 saturated heterocycles. The molecule has 0 unspecified atom stereocenters. The van der Waals surface area contributed by atoms with Crippen molar-refractivity contribution in [3.63, 3.8) is 0 Å². The van der Waals surface area contributed by atoms with E-state index in [1.807, 2.05) is 18.2 Å². The molecule has 1 amide bonds. The van der Waals surface area contributed by atoms with E-state index in [-0.39, 0.29) is 11.8 Å². The summed E-state index contributed by atoms with van der Waals surface area (Å²) in [6.45, 7) is 0.321. The molecule has 0 bridgehead atoms. The van der Waals surface area contributed by atoms with Crippen LogP contribution in [0.2, 0.25) is 0 Å². The highest BCUT2D eigenvalue weighted by atomic mass is 16.5. The number of hydrogen-bond acceptors (Lipinski definition) is 5. The van der Waals surface area contributed by atoms with Crippen molar-refractivity contribution in [3.8, 4) is 11.5 Å². The molecule has 0 fully saturated rings. The van der Waals surface area contributed by atoms with Gasteiger partial charge in [-0.2, -0.15) is 0 Å². The molecular weight excluding hydrogens is 260 g/mol. The van der Waals surface area contributed by atoms with Crippen LogP contribution in [0.3, 0.4) is 0 Å². The first-order chi connectivity index (χ1) is 9.78. The number of aromatic nitrogens is 3. The summed E-state index contributed by atoms with van der Waals surface area (Å²) < 4.78 is 12.3. The predicted molar refractivity (Wildman–Crippen MR) is 70.1 cm³/mol. The van der Waals surface area contributed by atoms with Crippen molar-refractivity contribution >= 4 is 5.91 Å². The Hall–Kier alpha value is -2.57. The maximum Gasteiger partial charge on any atom is 0.245 e. The second-order valence-electron chi connectivity index (χ2n) is 4.51. The van der Waals surface area contributed by atoms with Crippen molar-refractivity contribution in [1.29, 1.82) is 0 Å². The molecule has 7 heteroatoms. The third-order valence-electron chi connectivity index (χ3n) is 3.20. The van der Waals surface area contributed by atoms with Crippen LogP contribution in [0, 0.1) is 5.92 Å². The van der Waals surface area contributed by atoms with Gasteiger partial charge in [0, 0.05) is 0 Å². The van der Waals surface area contributed by atoms with E-state index < -0.39 is 0 Å². The number of amides is 1. The monoisotopic (exact) mass is 274 g/mol. The summed E-state index contributed by atoms with van der Waals surface area (Å²) in [5.74, 6) is 1.04. The van der Waals surface area contributed by atoms with Crippen LogP contribution in [0.5, 0.6) is 11.5 Å². The van der Waals surface area contributed by atoms with Gasteiger partial charge in [0.25, 0.3) is 0 Å². The first-order valence-corrected chi connectivity index (χ1v) is 6.22. The summed E-state index contributed by atoms with van der Waals surface area (Å²) in [6, 6.07) is 5.67. The molecule has 2 aromatic rings. The zero-order valence-corrected chi connectivity index (χ0v) is 10.9. The number of ether oxygens (including phenoxy) is 2. The van der Waals surface area contributed by atoms with Gasteiger partial charge in [-0.25, -0.2) is 4.68 Å². The maximum atomic E-state index is 12.1. The van der Waals surface area contributed by atoms with Crippen molar-refractivity contribution in [2.45, 2.75) is 6.42 Å². The Bertz CT molecular complexity index is 612. The lowest BCUT2D eigenvalue weighted by Gasteiger charge is -2.25. The van der Waals surface area contributed by atoms with Gasteiger partial charge < -0.3 is 9.47 Å². The molecule has 1 N–H and O–H groups in total. The van der Waals surface area contributed by atoms with Gasteiger partial charge in [0.05, 0.1) is 13.0 Å². The van der Waals surface area contributed by atoms with E-state index in [1.54, 1.807) is 7.11 Å². The smallest absolute Gasteiger partial charge is 0.245 e. The average molecular weight is 274 g/mol. The highest BCUT2D eigenvalue weighted by Crippen LogP contribution is 2.36. The summed E-state index contributed by atoms with van der Waals surface area (Å²) in [6.07, 6.45) is 3.47. The second kappa shape index (κ2) is 5.20. The molecule has 0 saturated carbocycles. The maximum absolute atomic E-state index is 12.1. The Balaban J connectivity index is 1.74. The van der Waals surface area contributed by atoms with Crippen LogP contribution in [0.4, 0.5) is 0 Å². The van der Waals surface area contributed by atoms with Crippen molar-refractivity contribution in [2.24, 2.45) is 5.92 Å². The molecule has 20 heavy (non-hydrogen) atoms. The standard InChI is InChI=1S/C13H14N4O3/c1-19-11-4-2-3-9-5-10(6-20-12(9)11)13(18)16-17-7-14-15-8-17/h2-4,7-8,10H,5-6H2,1H3,(H,16,18)/t10-/m1/s1. The summed E-state index contributed by atoms with van der Waals surface area (Å²) in [5, 5.41) is 7.26. The Labute approximate surface area is 115 Å². The minimum atomic E-state index is -0.253. The fourth-order valence-electron chi connectivity index (χ4n) is 2.20. The number of methoxy groups -OCH3 is 1. The van der Waals surface area contributed by atoms with Crippen LogP contribution in [-0.2, 0) is 11.2 Å². The average Bonchev–Trinajstić information content (AvgIpc) is 2.98. The van der Waals surface area contributed by atoms with Crippen LogP contribution in [0.1, 0.15) is 5.56 Å². The number of benzene rings is 1. The zero-order valence-electron chi connectivity index (χ0n) is 10.9. The third kappa shape index (κ3) is 2.29. The molecule has 1 aliphatic rings. The molecule has 3 rings (SSSR count). The van der Waals surface area contributed by atoms with Gasteiger partial charge >= 0.3 is 0 Å². The lowest BCUT2D eigenvalue weighted by atomic mass is 9.96. The number of nitrogens with one attached hydrogen (secondary N) is 1. The Morgan fingerprint density at radius 1 is 1.45 bits per heavy atom. The van der Waals surface area contributed by atoms with Crippen LogP contribution in [0.25, 0.3) is 0 Å². The molecule has 1 aliphatic heterocycles.